The van der Waals surface area contributed by atoms with E-state index in [-0.39, 0.29) is 6.02 Å². The lowest BCUT2D eigenvalue weighted by molar-refractivity contribution is 0.0425. The Balaban J connectivity index is 2.14. The molecule has 15 heavy (non-hydrogen) atoms. The number of aliphatic imine (C=N–C) groups is 1. The van der Waals surface area contributed by atoms with Crippen molar-refractivity contribution in [3.8, 4) is 0 Å². The zero-order valence-corrected chi connectivity index (χ0v) is 8.27. The van der Waals surface area contributed by atoms with Crippen molar-refractivity contribution in [1.82, 2.24) is 0 Å². The molecule has 1 spiro atoms. The molecule has 3 rings (SSSR count). The largest absolute Gasteiger partial charge is 0.462 e. The van der Waals surface area contributed by atoms with Gasteiger partial charge >= 0.3 is 0 Å². The SMILES string of the molecule is NC1=NC2(COCc3ccccc32)CO1. The van der Waals surface area contributed by atoms with Crippen LogP contribution in [0, 0.1) is 0 Å². The summed E-state index contributed by atoms with van der Waals surface area (Å²) in [5.41, 5.74) is 7.52. The molecule has 4 heteroatoms. The maximum atomic E-state index is 5.57. The highest BCUT2D eigenvalue weighted by molar-refractivity contribution is 5.74. The average Bonchev–Trinajstić information content (AvgIpc) is 2.62. The molecule has 2 N–H and O–H groups in total. The van der Waals surface area contributed by atoms with Gasteiger partial charge in [-0.15, -0.1) is 0 Å². The predicted octanol–water partition coefficient (Wildman–Crippen LogP) is 0.757. The number of hydrogen-bond donors (Lipinski definition) is 1. The topological polar surface area (TPSA) is 56.8 Å². The molecule has 0 bridgehead atoms. The van der Waals surface area contributed by atoms with E-state index in [4.69, 9.17) is 15.2 Å². The Bertz CT molecular complexity index is 430. The normalized spacial score (nSPS) is 28.4. The van der Waals surface area contributed by atoms with Crippen molar-refractivity contribution in [1.29, 1.82) is 0 Å². The van der Waals surface area contributed by atoms with E-state index in [0.29, 0.717) is 19.8 Å². The molecule has 0 aromatic heterocycles. The minimum absolute atomic E-state index is 0.260. The quantitative estimate of drug-likeness (QED) is 0.678. The molecule has 1 aromatic carbocycles. The van der Waals surface area contributed by atoms with Crippen LogP contribution in [0.1, 0.15) is 11.1 Å². The second-order valence-electron chi connectivity index (χ2n) is 3.92. The molecule has 0 saturated heterocycles. The maximum absolute atomic E-state index is 5.57. The van der Waals surface area contributed by atoms with Crippen molar-refractivity contribution in [2.24, 2.45) is 10.7 Å². The summed E-state index contributed by atoms with van der Waals surface area (Å²) in [5, 5.41) is 0. The molecule has 1 atom stereocenters. The summed E-state index contributed by atoms with van der Waals surface area (Å²) in [4.78, 5) is 4.37. The summed E-state index contributed by atoms with van der Waals surface area (Å²) in [6, 6.07) is 8.40. The van der Waals surface area contributed by atoms with Gasteiger partial charge < -0.3 is 15.2 Å². The lowest BCUT2D eigenvalue weighted by Gasteiger charge is -2.31. The summed E-state index contributed by atoms with van der Waals surface area (Å²) in [7, 11) is 0. The Morgan fingerprint density at radius 3 is 2.93 bits per heavy atom. The van der Waals surface area contributed by atoms with E-state index in [1.54, 1.807) is 0 Å². The van der Waals surface area contributed by atoms with Crippen LogP contribution in [0.15, 0.2) is 29.3 Å². The molecule has 2 aliphatic heterocycles. The molecule has 1 unspecified atom stereocenters. The van der Waals surface area contributed by atoms with E-state index < -0.39 is 5.54 Å². The third kappa shape index (κ3) is 1.22. The average molecular weight is 204 g/mol. The summed E-state index contributed by atoms with van der Waals surface area (Å²) in [6.07, 6.45) is 0. The van der Waals surface area contributed by atoms with Crippen molar-refractivity contribution in [2.45, 2.75) is 12.1 Å². The van der Waals surface area contributed by atoms with Crippen molar-refractivity contribution >= 4 is 6.02 Å². The fourth-order valence-electron chi connectivity index (χ4n) is 2.19. The minimum Gasteiger partial charge on any atom is -0.462 e. The molecule has 0 radical (unpaired) electrons. The Morgan fingerprint density at radius 2 is 2.13 bits per heavy atom. The van der Waals surface area contributed by atoms with Gasteiger partial charge in [-0.3, -0.25) is 0 Å². The highest BCUT2D eigenvalue weighted by Crippen LogP contribution is 2.36. The summed E-state index contributed by atoms with van der Waals surface area (Å²) in [6.45, 7) is 1.67. The molecule has 2 aliphatic rings. The van der Waals surface area contributed by atoms with E-state index in [2.05, 4.69) is 17.1 Å². The Morgan fingerprint density at radius 1 is 1.27 bits per heavy atom. The first-order chi connectivity index (χ1) is 7.30. The molecular weight excluding hydrogens is 192 g/mol. The van der Waals surface area contributed by atoms with Gasteiger partial charge in [0.05, 0.1) is 13.2 Å². The fraction of sp³-hybridized carbons (Fsp3) is 0.364. The van der Waals surface area contributed by atoms with Crippen molar-refractivity contribution in [3.05, 3.63) is 35.4 Å². The molecule has 0 fully saturated rings. The second-order valence-corrected chi connectivity index (χ2v) is 3.92. The van der Waals surface area contributed by atoms with Crippen LogP contribution in [0.3, 0.4) is 0 Å². The fourth-order valence-corrected chi connectivity index (χ4v) is 2.19. The lowest BCUT2D eigenvalue weighted by Crippen LogP contribution is -2.36. The van der Waals surface area contributed by atoms with Crippen molar-refractivity contribution in [2.75, 3.05) is 13.2 Å². The number of nitrogens with zero attached hydrogens (tertiary/aromatic N) is 1. The highest BCUT2D eigenvalue weighted by Gasteiger charge is 2.42. The number of hydrogen-bond acceptors (Lipinski definition) is 4. The van der Waals surface area contributed by atoms with Crippen LogP contribution in [0.2, 0.25) is 0 Å². The van der Waals surface area contributed by atoms with Gasteiger partial charge in [0, 0.05) is 0 Å². The number of fused-ring (bicyclic) bond motifs is 2. The van der Waals surface area contributed by atoms with E-state index in [0.717, 1.165) is 0 Å². The summed E-state index contributed by atoms with van der Waals surface area (Å²) < 4.78 is 10.8. The van der Waals surface area contributed by atoms with E-state index in [1.165, 1.54) is 11.1 Å². The first-order valence-corrected chi connectivity index (χ1v) is 4.94. The Hall–Kier alpha value is -1.55. The van der Waals surface area contributed by atoms with Crippen LogP contribution in [-0.4, -0.2) is 19.2 Å². The van der Waals surface area contributed by atoms with E-state index >= 15 is 0 Å². The predicted molar refractivity (Wildman–Crippen MR) is 55.4 cm³/mol. The number of amidine groups is 1. The Labute approximate surface area is 87.7 Å². The molecular formula is C11H12N2O2. The van der Waals surface area contributed by atoms with Gasteiger partial charge in [0.1, 0.15) is 12.1 Å². The third-order valence-electron chi connectivity index (χ3n) is 2.90. The van der Waals surface area contributed by atoms with Crippen LogP contribution < -0.4 is 5.73 Å². The molecule has 2 heterocycles. The van der Waals surface area contributed by atoms with E-state index in [9.17, 15) is 0 Å². The summed E-state index contributed by atoms with van der Waals surface area (Å²) >= 11 is 0. The zero-order valence-electron chi connectivity index (χ0n) is 8.27. The van der Waals surface area contributed by atoms with Gasteiger partial charge in [0.25, 0.3) is 6.02 Å². The smallest absolute Gasteiger partial charge is 0.283 e. The van der Waals surface area contributed by atoms with Crippen LogP contribution in [0.4, 0.5) is 0 Å². The van der Waals surface area contributed by atoms with Crippen LogP contribution in [0.5, 0.6) is 0 Å². The van der Waals surface area contributed by atoms with Gasteiger partial charge in [0.15, 0.2) is 0 Å². The van der Waals surface area contributed by atoms with Gasteiger partial charge in [-0.1, -0.05) is 24.3 Å². The van der Waals surface area contributed by atoms with Crippen LogP contribution >= 0.6 is 0 Å². The minimum atomic E-state index is -0.404. The van der Waals surface area contributed by atoms with Gasteiger partial charge in [0.2, 0.25) is 0 Å². The van der Waals surface area contributed by atoms with Crippen molar-refractivity contribution in [3.63, 3.8) is 0 Å². The van der Waals surface area contributed by atoms with E-state index in [1.807, 2.05) is 12.1 Å². The number of nitrogens with two attached hydrogens (primary N) is 1. The second kappa shape index (κ2) is 2.97. The highest BCUT2D eigenvalue weighted by atomic mass is 16.5. The van der Waals surface area contributed by atoms with Crippen molar-refractivity contribution < 1.29 is 9.47 Å². The first-order valence-electron chi connectivity index (χ1n) is 4.94. The number of benzene rings is 1. The molecule has 0 amide bonds. The summed E-state index contributed by atoms with van der Waals surface area (Å²) in [5.74, 6) is 0. The Kier molecular flexibility index (Phi) is 1.73. The van der Waals surface area contributed by atoms with Gasteiger partial charge in [-0.25, -0.2) is 4.99 Å². The van der Waals surface area contributed by atoms with Gasteiger partial charge in [-0.2, -0.15) is 0 Å². The van der Waals surface area contributed by atoms with Gasteiger partial charge in [-0.05, 0) is 11.1 Å². The standard InChI is InChI=1S/C11H12N2O2/c12-10-13-11(7-15-10)6-14-5-8-3-1-2-4-9(8)11/h1-4H,5-7H2,(H2,12,13). The first kappa shape index (κ1) is 8.73. The lowest BCUT2D eigenvalue weighted by atomic mass is 9.87. The molecule has 0 saturated carbocycles. The number of rotatable bonds is 0. The zero-order chi connectivity index (χ0) is 10.3. The molecule has 0 aliphatic carbocycles. The van der Waals surface area contributed by atoms with Crippen LogP contribution in [0.25, 0.3) is 0 Å². The monoisotopic (exact) mass is 204 g/mol. The molecule has 4 nitrogen and oxygen atoms in total. The third-order valence-corrected chi connectivity index (χ3v) is 2.90. The number of ether oxygens (including phenoxy) is 2. The molecule has 1 aromatic rings. The maximum Gasteiger partial charge on any atom is 0.283 e. The van der Waals surface area contributed by atoms with Crippen LogP contribution in [-0.2, 0) is 21.6 Å². The molecule has 78 valence electrons.